The molecule has 8 heteroatoms. The van der Waals surface area contributed by atoms with Crippen LogP contribution in [0.4, 0.5) is 0 Å². The van der Waals surface area contributed by atoms with Gasteiger partial charge in [0.1, 0.15) is 12.0 Å². The second kappa shape index (κ2) is 12.3. The van der Waals surface area contributed by atoms with Crippen molar-refractivity contribution in [2.45, 2.75) is 69.9 Å². The maximum absolute atomic E-state index is 12.6. The highest BCUT2D eigenvalue weighted by Crippen LogP contribution is 2.31. The summed E-state index contributed by atoms with van der Waals surface area (Å²) in [4.78, 5) is 20.0. The normalized spacial score (nSPS) is 19.3. The highest BCUT2D eigenvalue weighted by molar-refractivity contribution is 7.80. The van der Waals surface area contributed by atoms with Crippen LogP contribution in [-0.4, -0.2) is 55.1 Å². The van der Waals surface area contributed by atoms with E-state index in [1.54, 1.807) is 7.11 Å². The largest absolute Gasteiger partial charge is 0.497 e. The molecule has 1 aromatic heterocycles. The predicted octanol–water partition coefficient (Wildman–Crippen LogP) is 4.38. The zero-order valence-corrected chi connectivity index (χ0v) is 22.2. The van der Waals surface area contributed by atoms with Crippen LogP contribution in [0.3, 0.4) is 0 Å². The van der Waals surface area contributed by atoms with Crippen LogP contribution >= 0.6 is 12.6 Å². The van der Waals surface area contributed by atoms with Gasteiger partial charge in [-0.25, -0.2) is 4.98 Å². The van der Waals surface area contributed by atoms with Crippen LogP contribution in [0.2, 0.25) is 0 Å². The van der Waals surface area contributed by atoms with E-state index in [0.29, 0.717) is 24.2 Å². The molecule has 3 fully saturated rings. The summed E-state index contributed by atoms with van der Waals surface area (Å²) in [7, 11) is 1.67. The van der Waals surface area contributed by atoms with Gasteiger partial charge < -0.3 is 24.7 Å². The smallest absolute Gasteiger partial charge is 0.275 e. The van der Waals surface area contributed by atoms with E-state index in [-0.39, 0.29) is 5.91 Å². The Labute approximate surface area is 214 Å². The Hall–Kier alpha value is -2.03. The quantitative estimate of drug-likeness (QED) is 0.511. The number of aryl methyl sites for hydroxylation is 2. The third kappa shape index (κ3) is 7.24. The lowest BCUT2D eigenvalue weighted by atomic mass is 9.79. The van der Waals surface area contributed by atoms with Crippen LogP contribution in [0, 0.1) is 25.7 Å². The van der Waals surface area contributed by atoms with Gasteiger partial charge in [-0.2, -0.15) is 0 Å². The average molecular weight is 501 g/mol. The first-order valence-electron chi connectivity index (χ1n) is 13.0. The number of benzene rings is 1. The van der Waals surface area contributed by atoms with Gasteiger partial charge in [0.05, 0.1) is 13.7 Å². The number of nitrogens with one attached hydrogen (secondary N) is 2. The number of hydrogen-bond donors (Lipinski definition) is 3. The number of carbonyl (C=O) groups is 1. The van der Waals surface area contributed by atoms with Crippen LogP contribution in [0.15, 0.2) is 27.7 Å². The van der Waals surface area contributed by atoms with Gasteiger partial charge in [0.15, 0.2) is 5.69 Å². The highest BCUT2D eigenvalue weighted by Gasteiger charge is 2.30. The van der Waals surface area contributed by atoms with Crippen LogP contribution in [0.1, 0.15) is 66.0 Å². The summed E-state index contributed by atoms with van der Waals surface area (Å²) in [5.74, 6) is 3.18. The molecular weight excluding hydrogens is 460 g/mol. The first-order chi connectivity index (χ1) is 16.9. The lowest BCUT2D eigenvalue weighted by Crippen LogP contribution is -2.42. The number of ether oxygens (including phenoxy) is 1. The van der Waals surface area contributed by atoms with Gasteiger partial charge >= 0.3 is 0 Å². The van der Waals surface area contributed by atoms with Crippen molar-refractivity contribution in [3.63, 3.8) is 0 Å². The summed E-state index contributed by atoms with van der Waals surface area (Å²) in [6.07, 6.45) is 8.83. The van der Waals surface area contributed by atoms with Crippen molar-refractivity contribution in [3.8, 4) is 5.75 Å². The van der Waals surface area contributed by atoms with Gasteiger partial charge in [-0.1, -0.05) is 0 Å². The molecule has 5 rings (SSSR count). The number of amides is 1. The second-order valence-electron chi connectivity index (χ2n) is 10.1. The third-order valence-electron chi connectivity index (χ3n) is 7.47. The number of aromatic nitrogens is 1. The molecule has 2 aliphatic heterocycles. The third-order valence-corrected chi connectivity index (χ3v) is 8.17. The van der Waals surface area contributed by atoms with Gasteiger partial charge in [0, 0.05) is 24.0 Å². The van der Waals surface area contributed by atoms with Crippen LogP contribution in [-0.2, 0) is 6.54 Å². The number of oxazole rings is 1. The number of carbonyl (C=O) groups excluding carboxylic acids is 1. The predicted molar refractivity (Wildman–Crippen MR) is 140 cm³/mol. The maximum atomic E-state index is 12.6. The molecule has 0 spiro atoms. The minimum absolute atomic E-state index is 0.0279. The molecule has 1 amide bonds. The molecule has 35 heavy (non-hydrogen) atoms. The number of likely N-dealkylation sites (tertiary alicyclic amines) is 1. The van der Waals surface area contributed by atoms with E-state index in [0.717, 1.165) is 72.6 Å². The van der Waals surface area contributed by atoms with Crippen LogP contribution < -0.4 is 15.4 Å². The summed E-state index contributed by atoms with van der Waals surface area (Å²) < 4.78 is 10.5. The van der Waals surface area contributed by atoms with Crippen molar-refractivity contribution in [1.82, 2.24) is 20.5 Å². The molecule has 1 aliphatic carbocycles. The average Bonchev–Trinajstić information content (AvgIpc) is 3.61. The van der Waals surface area contributed by atoms with Gasteiger partial charge in [-0.05, 0) is 101 Å². The van der Waals surface area contributed by atoms with E-state index >= 15 is 0 Å². The van der Waals surface area contributed by atoms with Gasteiger partial charge in [-0.15, -0.1) is 12.6 Å². The molecule has 3 heterocycles. The number of nitrogens with zero attached hydrogens (tertiary/aromatic N) is 2. The van der Waals surface area contributed by atoms with Crippen molar-refractivity contribution < 1.29 is 13.9 Å². The fourth-order valence-electron chi connectivity index (χ4n) is 5.10. The first-order valence-corrected chi connectivity index (χ1v) is 13.4. The first kappa shape index (κ1) is 26.0. The Kier molecular flexibility index (Phi) is 9.14. The standard InChI is InChI=1S/C18H28N4O2.C9H12OS/c23-18(16-12-24-17(21-16)11-20-15-1-2-15)22-9-5-14(6-10-22)13-3-7-19-8-4-13;1-6-4-8(10-3)5-7(2)9(6)11/h12-15,19-20H,1-11H2;4-5,11H,1-3H3. The molecule has 2 aromatic rings. The summed E-state index contributed by atoms with van der Waals surface area (Å²) in [5.41, 5.74) is 2.78. The topological polar surface area (TPSA) is 79.6 Å². The van der Waals surface area contributed by atoms with Crippen molar-refractivity contribution in [2.75, 3.05) is 33.3 Å². The number of piperidine rings is 2. The van der Waals surface area contributed by atoms with Crippen LogP contribution in [0.5, 0.6) is 5.75 Å². The zero-order chi connectivity index (χ0) is 24.8. The molecule has 192 valence electrons. The van der Waals surface area contributed by atoms with E-state index < -0.39 is 0 Å². The van der Waals surface area contributed by atoms with Gasteiger partial charge in [-0.3, -0.25) is 4.79 Å². The van der Waals surface area contributed by atoms with E-state index in [1.807, 2.05) is 30.9 Å². The Morgan fingerprint density at radius 2 is 1.74 bits per heavy atom. The molecule has 0 atom stereocenters. The molecule has 0 bridgehead atoms. The Morgan fingerprint density at radius 3 is 2.34 bits per heavy atom. The summed E-state index contributed by atoms with van der Waals surface area (Å²) in [5, 5.41) is 6.80. The zero-order valence-electron chi connectivity index (χ0n) is 21.3. The second-order valence-corrected chi connectivity index (χ2v) is 10.6. The lowest BCUT2D eigenvalue weighted by Gasteiger charge is -2.37. The minimum Gasteiger partial charge on any atom is -0.497 e. The highest BCUT2D eigenvalue weighted by atomic mass is 32.1. The van der Waals surface area contributed by atoms with E-state index in [2.05, 4.69) is 28.2 Å². The Bertz CT molecular complexity index is 954. The molecule has 3 aliphatic rings. The summed E-state index contributed by atoms with van der Waals surface area (Å²) in [6, 6.07) is 4.58. The molecule has 1 saturated carbocycles. The number of hydrogen-bond acceptors (Lipinski definition) is 7. The monoisotopic (exact) mass is 500 g/mol. The van der Waals surface area contributed by atoms with Gasteiger partial charge in [0.25, 0.3) is 5.91 Å². The fraction of sp³-hybridized carbons (Fsp3) is 0.630. The van der Waals surface area contributed by atoms with Crippen LogP contribution in [0.25, 0.3) is 0 Å². The molecule has 2 saturated heterocycles. The van der Waals surface area contributed by atoms with E-state index in [1.165, 1.54) is 31.9 Å². The van der Waals surface area contributed by atoms with Gasteiger partial charge in [0.2, 0.25) is 5.89 Å². The number of thiol groups is 1. The summed E-state index contributed by atoms with van der Waals surface area (Å²) in [6.45, 7) is 8.69. The molecule has 1 aromatic carbocycles. The molecule has 2 N–H and O–H groups in total. The molecular formula is C27H40N4O3S. The lowest BCUT2D eigenvalue weighted by molar-refractivity contribution is 0.0636. The maximum Gasteiger partial charge on any atom is 0.275 e. The Morgan fingerprint density at radius 1 is 1.11 bits per heavy atom. The number of rotatable bonds is 6. The Balaban J connectivity index is 0.000000221. The number of methoxy groups -OCH3 is 1. The van der Waals surface area contributed by atoms with E-state index in [4.69, 9.17) is 9.15 Å². The minimum atomic E-state index is 0.0279. The fourth-order valence-corrected chi connectivity index (χ4v) is 5.22. The van der Waals surface area contributed by atoms with E-state index in [9.17, 15) is 4.79 Å². The van der Waals surface area contributed by atoms with Crippen molar-refractivity contribution in [3.05, 3.63) is 41.1 Å². The molecule has 0 radical (unpaired) electrons. The SMILES string of the molecule is COc1cc(C)c(S)c(C)c1.O=C(c1coc(CNC2CC2)n1)N1CCC(C2CCNCC2)CC1. The molecule has 7 nitrogen and oxygen atoms in total. The molecule has 0 unspecified atom stereocenters. The van der Waals surface area contributed by atoms with Crippen molar-refractivity contribution in [2.24, 2.45) is 11.8 Å². The van der Waals surface area contributed by atoms with Crippen molar-refractivity contribution in [1.29, 1.82) is 0 Å². The van der Waals surface area contributed by atoms with Crippen molar-refractivity contribution >= 4 is 18.5 Å². The summed E-state index contributed by atoms with van der Waals surface area (Å²) >= 11 is 4.34.